The van der Waals surface area contributed by atoms with Crippen molar-refractivity contribution in [2.75, 3.05) is 0 Å². The van der Waals surface area contributed by atoms with Crippen molar-refractivity contribution >= 4 is 0 Å². The van der Waals surface area contributed by atoms with Crippen LogP contribution in [0, 0.1) is 12.3 Å². The molecule has 0 saturated heterocycles. The number of hydrogen-bond acceptors (Lipinski definition) is 4. The Morgan fingerprint density at radius 1 is 1.90 bits per heavy atom. The predicted octanol–water partition coefficient (Wildman–Crippen LogP) is 0.0927. The van der Waals surface area contributed by atoms with Crippen molar-refractivity contribution < 1.29 is 4.52 Å². The van der Waals surface area contributed by atoms with Crippen LogP contribution in [0.4, 0.5) is 0 Å². The topological polar surface area (TPSA) is 64.9 Å². The molecule has 0 fully saturated rings. The van der Waals surface area contributed by atoms with Crippen LogP contribution in [-0.2, 0) is 0 Å². The van der Waals surface area contributed by atoms with E-state index >= 15 is 0 Å². The third-order valence-electron chi connectivity index (χ3n) is 1.03. The van der Waals surface area contributed by atoms with Gasteiger partial charge in [-0.15, -0.1) is 12.3 Å². The molecule has 2 N–H and O–H groups in total. The average Bonchev–Trinajstić information content (AvgIpc) is 2.38. The van der Waals surface area contributed by atoms with Gasteiger partial charge in [-0.05, 0) is 0 Å². The summed E-state index contributed by atoms with van der Waals surface area (Å²) in [6.07, 6.45) is 6.73. The standard InChI is InChI=1S/C6H7N3O/c1-2-3-5(7)6-8-4-9-10-6/h1,4-5H,3,7H2/t5-/m1/s1. The van der Waals surface area contributed by atoms with Gasteiger partial charge in [0.2, 0.25) is 5.89 Å². The first-order chi connectivity index (χ1) is 4.84. The number of aromatic nitrogens is 2. The van der Waals surface area contributed by atoms with Gasteiger partial charge in [-0.3, -0.25) is 0 Å². The highest BCUT2D eigenvalue weighted by Gasteiger charge is 2.08. The normalized spacial score (nSPS) is 12.4. The smallest absolute Gasteiger partial charge is 0.244 e. The SMILES string of the molecule is C#CC[C@@H](N)c1ncno1. The minimum Gasteiger partial charge on any atom is -0.338 e. The van der Waals surface area contributed by atoms with Crippen molar-refractivity contribution in [2.24, 2.45) is 5.73 Å². The van der Waals surface area contributed by atoms with Crippen LogP contribution in [0.5, 0.6) is 0 Å². The monoisotopic (exact) mass is 137 g/mol. The second kappa shape index (κ2) is 2.99. The van der Waals surface area contributed by atoms with Crippen LogP contribution in [0.2, 0.25) is 0 Å². The number of terminal acetylenes is 1. The van der Waals surface area contributed by atoms with E-state index in [-0.39, 0.29) is 6.04 Å². The molecule has 52 valence electrons. The molecule has 0 radical (unpaired) electrons. The second-order valence-electron chi connectivity index (χ2n) is 1.79. The molecule has 0 aromatic carbocycles. The van der Waals surface area contributed by atoms with Gasteiger partial charge in [0.25, 0.3) is 0 Å². The molecule has 1 rings (SSSR count). The summed E-state index contributed by atoms with van der Waals surface area (Å²) in [4.78, 5) is 3.74. The Hall–Kier alpha value is -1.34. The molecule has 0 aliphatic carbocycles. The first-order valence-corrected chi connectivity index (χ1v) is 2.80. The van der Waals surface area contributed by atoms with Gasteiger partial charge in [0.15, 0.2) is 6.33 Å². The zero-order valence-corrected chi connectivity index (χ0v) is 5.32. The lowest BCUT2D eigenvalue weighted by Crippen LogP contribution is -2.09. The predicted molar refractivity (Wildman–Crippen MR) is 34.7 cm³/mol. The zero-order valence-electron chi connectivity index (χ0n) is 5.32. The van der Waals surface area contributed by atoms with Crippen molar-refractivity contribution in [1.82, 2.24) is 10.1 Å². The fourth-order valence-corrected chi connectivity index (χ4v) is 0.559. The molecule has 10 heavy (non-hydrogen) atoms. The number of nitrogens with zero attached hydrogens (tertiary/aromatic N) is 2. The summed E-state index contributed by atoms with van der Waals surface area (Å²) in [5, 5.41) is 3.39. The Bertz CT molecular complexity index is 224. The van der Waals surface area contributed by atoms with Crippen molar-refractivity contribution in [3.8, 4) is 12.3 Å². The largest absolute Gasteiger partial charge is 0.338 e. The highest BCUT2D eigenvalue weighted by Crippen LogP contribution is 2.07. The third kappa shape index (κ3) is 1.33. The number of rotatable bonds is 2. The Kier molecular flexibility index (Phi) is 2.03. The summed E-state index contributed by atoms with van der Waals surface area (Å²) in [5.41, 5.74) is 5.51. The molecular formula is C6H7N3O. The fourth-order valence-electron chi connectivity index (χ4n) is 0.559. The van der Waals surface area contributed by atoms with E-state index in [0.717, 1.165) is 0 Å². The van der Waals surface area contributed by atoms with Gasteiger partial charge in [0.1, 0.15) is 0 Å². The van der Waals surface area contributed by atoms with E-state index in [9.17, 15) is 0 Å². The van der Waals surface area contributed by atoms with Crippen molar-refractivity contribution in [3.05, 3.63) is 12.2 Å². The van der Waals surface area contributed by atoms with Crippen molar-refractivity contribution in [1.29, 1.82) is 0 Å². The molecule has 1 aromatic heterocycles. The highest BCUT2D eigenvalue weighted by atomic mass is 16.5. The van der Waals surface area contributed by atoms with Gasteiger partial charge in [-0.2, -0.15) is 4.98 Å². The Balaban J connectivity index is 2.61. The minimum atomic E-state index is -0.326. The summed E-state index contributed by atoms with van der Waals surface area (Å²) in [5.74, 6) is 2.79. The summed E-state index contributed by atoms with van der Waals surface area (Å²) in [6.45, 7) is 0. The highest BCUT2D eigenvalue weighted by molar-refractivity contribution is 4.95. The first-order valence-electron chi connectivity index (χ1n) is 2.80. The molecule has 0 spiro atoms. The molecule has 0 bridgehead atoms. The lowest BCUT2D eigenvalue weighted by Gasteiger charge is -1.98. The number of hydrogen-bond donors (Lipinski definition) is 1. The molecular weight excluding hydrogens is 130 g/mol. The molecule has 1 aromatic rings. The van der Waals surface area contributed by atoms with E-state index in [2.05, 4.69) is 20.6 Å². The van der Waals surface area contributed by atoms with Crippen LogP contribution in [0.1, 0.15) is 18.4 Å². The molecule has 4 heteroatoms. The van der Waals surface area contributed by atoms with E-state index in [0.29, 0.717) is 12.3 Å². The number of nitrogens with two attached hydrogens (primary N) is 1. The maximum absolute atomic E-state index is 5.51. The van der Waals surface area contributed by atoms with Crippen LogP contribution in [0.3, 0.4) is 0 Å². The van der Waals surface area contributed by atoms with E-state index in [1.165, 1.54) is 6.33 Å². The van der Waals surface area contributed by atoms with Crippen LogP contribution in [0.15, 0.2) is 10.9 Å². The Labute approximate surface area is 58.4 Å². The van der Waals surface area contributed by atoms with Gasteiger partial charge < -0.3 is 10.3 Å². The fraction of sp³-hybridized carbons (Fsp3) is 0.333. The third-order valence-corrected chi connectivity index (χ3v) is 1.03. The van der Waals surface area contributed by atoms with E-state index < -0.39 is 0 Å². The molecule has 1 atom stereocenters. The molecule has 0 unspecified atom stereocenters. The summed E-state index contributed by atoms with van der Waals surface area (Å²) in [6, 6.07) is -0.326. The lowest BCUT2D eigenvalue weighted by molar-refractivity contribution is 0.355. The molecule has 4 nitrogen and oxygen atoms in total. The molecule has 1 heterocycles. The van der Waals surface area contributed by atoms with Gasteiger partial charge in [0, 0.05) is 6.42 Å². The van der Waals surface area contributed by atoms with Crippen LogP contribution in [0.25, 0.3) is 0 Å². The molecule has 0 amide bonds. The van der Waals surface area contributed by atoms with Gasteiger partial charge in [-0.1, -0.05) is 5.16 Å². The van der Waals surface area contributed by atoms with Gasteiger partial charge in [0.05, 0.1) is 6.04 Å². The Morgan fingerprint density at radius 3 is 3.20 bits per heavy atom. The molecule has 0 aliphatic heterocycles. The molecule has 0 aliphatic rings. The van der Waals surface area contributed by atoms with Crippen LogP contribution in [-0.4, -0.2) is 10.1 Å². The maximum Gasteiger partial charge on any atom is 0.244 e. The quantitative estimate of drug-likeness (QED) is 0.587. The molecule has 0 saturated carbocycles. The maximum atomic E-state index is 5.51. The Morgan fingerprint density at radius 2 is 2.70 bits per heavy atom. The van der Waals surface area contributed by atoms with Crippen LogP contribution < -0.4 is 5.73 Å². The second-order valence-corrected chi connectivity index (χ2v) is 1.79. The van der Waals surface area contributed by atoms with E-state index in [1.807, 2.05) is 0 Å². The van der Waals surface area contributed by atoms with E-state index in [1.54, 1.807) is 0 Å². The van der Waals surface area contributed by atoms with E-state index in [4.69, 9.17) is 12.2 Å². The van der Waals surface area contributed by atoms with Gasteiger partial charge >= 0.3 is 0 Å². The minimum absolute atomic E-state index is 0.326. The summed E-state index contributed by atoms with van der Waals surface area (Å²) in [7, 11) is 0. The van der Waals surface area contributed by atoms with Crippen LogP contribution >= 0.6 is 0 Å². The first kappa shape index (κ1) is 6.78. The van der Waals surface area contributed by atoms with Gasteiger partial charge in [-0.25, -0.2) is 0 Å². The van der Waals surface area contributed by atoms with Crippen molar-refractivity contribution in [3.63, 3.8) is 0 Å². The summed E-state index contributed by atoms with van der Waals surface area (Å²) < 4.78 is 4.67. The summed E-state index contributed by atoms with van der Waals surface area (Å²) >= 11 is 0. The van der Waals surface area contributed by atoms with Crippen molar-refractivity contribution in [2.45, 2.75) is 12.5 Å². The lowest BCUT2D eigenvalue weighted by atomic mass is 10.2. The average molecular weight is 137 g/mol. The zero-order chi connectivity index (χ0) is 7.40.